The summed E-state index contributed by atoms with van der Waals surface area (Å²) in [6, 6.07) is 6.67. The normalized spacial score (nSPS) is 20.3. The zero-order chi connectivity index (χ0) is 16.7. The van der Waals surface area contributed by atoms with Gasteiger partial charge in [-0.25, -0.2) is 4.99 Å². The van der Waals surface area contributed by atoms with E-state index in [0.717, 1.165) is 26.0 Å². The van der Waals surface area contributed by atoms with Crippen LogP contribution in [0, 0.1) is 10.1 Å². The number of nitro benzene ring substituents is 1. The van der Waals surface area contributed by atoms with E-state index in [1.807, 2.05) is 6.92 Å². The van der Waals surface area contributed by atoms with Crippen molar-refractivity contribution in [1.29, 1.82) is 0 Å². The van der Waals surface area contributed by atoms with Crippen LogP contribution < -0.4 is 10.6 Å². The van der Waals surface area contributed by atoms with Crippen LogP contribution in [0.4, 0.5) is 5.69 Å². The predicted molar refractivity (Wildman–Crippen MR) is 105 cm³/mol. The van der Waals surface area contributed by atoms with Gasteiger partial charge >= 0.3 is 0 Å². The number of rotatable bonds is 6. The molecule has 2 N–H and O–H groups in total. The van der Waals surface area contributed by atoms with Crippen molar-refractivity contribution in [2.24, 2.45) is 4.99 Å². The highest BCUT2D eigenvalue weighted by Crippen LogP contribution is 2.24. The molecule has 1 aliphatic rings. The molecule has 7 nitrogen and oxygen atoms in total. The van der Waals surface area contributed by atoms with Crippen LogP contribution in [0.2, 0.25) is 0 Å². The highest BCUT2D eigenvalue weighted by atomic mass is 127. The number of para-hydroxylation sites is 1. The Morgan fingerprint density at radius 1 is 1.42 bits per heavy atom. The summed E-state index contributed by atoms with van der Waals surface area (Å²) in [5.74, 6) is 0.641. The van der Waals surface area contributed by atoms with E-state index in [0.29, 0.717) is 18.1 Å². The van der Waals surface area contributed by atoms with Crippen LogP contribution in [0.3, 0.4) is 0 Å². The Morgan fingerprint density at radius 2 is 2.17 bits per heavy atom. The minimum atomic E-state index is -0.376. The summed E-state index contributed by atoms with van der Waals surface area (Å²) in [7, 11) is 0. The van der Waals surface area contributed by atoms with Gasteiger partial charge in [0.25, 0.3) is 5.69 Å². The lowest BCUT2D eigenvalue weighted by Crippen LogP contribution is -2.45. The Balaban J connectivity index is 0.00000288. The van der Waals surface area contributed by atoms with Crippen molar-refractivity contribution >= 4 is 35.6 Å². The van der Waals surface area contributed by atoms with E-state index in [4.69, 9.17) is 4.74 Å². The number of aliphatic imine (C=N–C) groups is 1. The molecule has 1 fully saturated rings. The van der Waals surface area contributed by atoms with Crippen molar-refractivity contribution in [3.05, 3.63) is 39.9 Å². The van der Waals surface area contributed by atoms with Gasteiger partial charge in [-0.15, -0.1) is 24.0 Å². The quantitative estimate of drug-likeness (QED) is 0.230. The van der Waals surface area contributed by atoms with Crippen molar-refractivity contribution in [2.75, 3.05) is 19.7 Å². The maximum absolute atomic E-state index is 11.0. The standard InChI is InChI=1S/C16H24N4O3.HI/c1-3-17-15(19-12-16(2)9-6-10-23-16)18-11-13-7-4-5-8-14(13)20(21)22;/h4-5,7-8H,3,6,9-12H2,1-2H3,(H2,17,18,19);1H. The first-order chi connectivity index (χ1) is 11.0. The molecule has 1 atom stereocenters. The smallest absolute Gasteiger partial charge is 0.274 e. The molecule has 0 spiro atoms. The SMILES string of the molecule is CCNC(=NCc1ccccc1[N+](=O)[O-])NCC1(C)CCCO1.I. The van der Waals surface area contributed by atoms with Gasteiger partial charge in [0.15, 0.2) is 5.96 Å². The first-order valence-corrected chi connectivity index (χ1v) is 7.92. The van der Waals surface area contributed by atoms with Crippen molar-refractivity contribution in [3.8, 4) is 0 Å². The maximum Gasteiger partial charge on any atom is 0.274 e. The van der Waals surface area contributed by atoms with Gasteiger partial charge in [0.1, 0.15) is 0 Å². The van der Waals surface area contributed by atoms with Crippen molar-refractivity contribution in [1.82, 2.24) is 10.6 Å². The molecule has 134 valence electrons. The summed E-state index contributed by atoms with van der Waals surface area (Å²) in [6.45, 7) is 6.50. The Kier molecular flexibility index (Phi) is 8.40. The third kappa shape index (κ3) is 5.90. The summed E-state index contributed by atoms with van der Waals surface area (Å²) in [6.07, 6.45) is 2.09. The summed E-state index contributed by atoms with van der Waals surface area (Å²) in [5.41, 5.74) is 0.519. The van der Waals surface area contributed by atoms with Crippen LogP contribution in [0.25, 0.3) is 0 Å². The van der Waals surface area contributed by atoms with Crippen LogP contribution in [0.1, 0.15) is 32.3 Å². The van der Waals surface area contributed by atoms with Crippen LogP contribution in [0.15, 0.2) is 29.3 Å². The molecule has 8 heteroatoms. The van der Waals surface area contributed by atoms with Gasteiger partial charge < -0.3 is 15.4 Å². The molecule has 1 saturated heterocycles. The molecule has 1 heterocycles. The topological polar surface area (TPSA) is 88.8 Å². The molecule has 2 rings (SSSR count). The fourth-order valence-electron chi connectivity index (χ4n) is 2.58. The van der Waals surface area contributed by atoms with Crippen LogP contribution in [0.5, 0.6) is 0 Å². The minimum absolute atomic E-state index is 0. The van der Waals surface area contributed by atoms with E-state index in [1.54, 1.807) is 18.2 Å². The van der Waals surface area contributed by atoms with Crippen LogP contribution >= 0.6 is 24.0 Å². The highest BCUT2D eigenvalue weighted by molar-refractivity contribution is 14.0. The number of halogens is 1. The van der Waals surface area contributed by atoms with E-state index in [2.05, 4.69) is 22.5 Å². The fourth-order valence-corrected chi connectivity index (χ4v) is 2.58. The van der Waals surface area contributed by atoms with Gasteiger partial charge in [-0.05, 0) is 26.7 Å². The lowest BCUT2D eigenvalue weighted by atomic mass is 10.0. The van der Waals surface area contributed by atoms with E-state index < -0.39 is 0 Å². The second kappa shape index (κ2) is 9.77. The molecule has 0 aliphatic carbocycles. The molecular weight excluding hydrogens is 423 g/mol. The number of hydrogen-bond donors (Lipinski definition) is 2. The lowest BCUT2D eigenvalue weighted by molar-refractivity contribution is -0.385. The Morgan fingerprint density at radius 3 is 2.79 bits per heavy atom. The number of nitrogens with one attached hydrogen (secondary N) is 2. The molecule has 0 saturated carbocycles. The summed E-state index contributed by atoms with van der Waals surface area (Å²) in [5, 5.41) is 17.5. The van der Waals surface area contributed by atoms with Crippen molar-refractivity contribution < 1.29 is 9.66 Å². The van der Waals surface area contributed by atoms with Gasteiger partial charge in [0, 0.05) is 25.8 Å². The van der Waals surface area contributed by atoms with E-state index in [-0.39, 0.29) is 46.7 Å². The van der Waals surface area contributed by atoms with Crippen molar-refractivity contribution in [3.63, 3.8) is 0 Å². The zero-order valence-electron chi connectivity index (χ0n) is 14.1. The second-order valence-electron chi connectivity index (χ2n) is 5.84. The summed E-state index contributed by atoms with van der Waals surface area (Å²) < 4.78 is 5.75. The molecule has 0 bridgehead atoms. The number of nitrogens with zero attached hydrogens (tertiary/aromatic N) is 2. The minimum Gasteiger partial charge on any atom is -0.373 e. The molecule has 1 aliphatic heterocycles. The van der Waals surface area contributed by atoms with E-state index in [1.165, 1.54) is 6.07 Å². The van der Waals surface area contributed by atoms with Gasteiger partial charge in [-0.2, -0.15) is 0 Å². The van der Waals surface area contributed by atoms with E-state index >= 15 is 0 Å². The second-order valence-corrected chi connectivity index (χ2v) is 5.84. The largest absolute Gasteiger partial charge is 0.373 e. The molecule has 0 radical (unpaired) electrons. The Bertz CT molecular complexity index is 574. The average Bonchev–Trinajstić information content (AvgIpc) is 2.97. The first-order valence-electron chi connectivity index (χ1n) is 7.92. The molecule has 1 aromatic rings. The first kappa shape index (κ1) is 20.6. The number of hydrogen-bond acceptors (Lipinski definition) is 4. The maximum atomic E-state index is 11.0. The molecule has 24 heavy (non-hydrogen) atoms. The lowest BCUT2D eigenvalue weighted by Gasteiger charge is -2.24. The number of nitro groups is 1. The van der Waals surface area contributed by atoms with Crippen LogP contribution in [-0.2, 0) is 11.3 Å². The summed E-state index contributed by atoms with van der Waals surface area (Å²) >= 11 is 0. The molecule has 0 aromatic heterocycles. The number of ether oxygens (including phenoxy) is 1. The van der Waals surface area contributed by atoms with Gasteiger partial charge in [0.2, 0.25) is 0 Å². The van der Waals surface area contributed by atoms with Gasteiger partial charge in [-0.1, -0.05) is 18.2 Å². The molecular formula is C16H25IN4O3. The fraction of sp³-hybridized carbons (Fsp3) is 0.562. The third-order valence-corrected chi connectivity index (χ3v) is 3.87. The average molecular weight is 448 g/mol. The number of benzene rings is 1. The molecule has 0 amide bonds. The van der Waals surface area contributed by atoms with Gasteiger partial charge in [-0.3, -0.25) is 10.1 Å². The van der Waals surface area contributed by atoms with Crippen molar-refractivity contribution in [2.45, 2.75) is 38.8 Å². The number of guanidine groups is 1. The third-order valence-electron chi connectivity index (χ3n) is 3.87. The van der Waals surface area contributed by atoms with Gasteiger partial charge in [0.05, 0.1) is 22.6 Å². The zero-order valence-corrected chi connectivity index (χ0v) is 16.4. The Hall–Kier alpha value is -1.42. The molecule has 1 unspecified atom stereocenters. The summed E-state index contributed by atoms with van der Waals surface area (Å²) in [4.78, 5) is 15.1. The Labute approximate surface area is 159 Å². The predicted octanol–water partition coefficient (Wildman–Crippen LogP) is 2.84. The van der Waals surface area contributed by atoms with Crippen LogP contribution in [-0.4, -0.2) is 36.2 Å². The highest BCUT2D eigenvalue weighted by Gasteiger charge is 2.29. The van der Waals surface area contributed by atoms with E-state index in [9.17, 15) is 10.1 Å². The molecule has 1 aromatic carbocycles. The monoisotopic (exact) mass is 448 g/mol.